The molecule has 2 rings (SSSR count). The molecule has 2 heterocycles. The lowest BCUT2D eigenvalue weighted by atomic mass is 10.0. The van der Waals surface area contributed by atoms with Gasteiger partial charge in [0, 0.05) is 6.61 Å². The normalized spacial score (nSPS) is 30.4. The smallest absolute Gasteiger partial charge is 0.186 e. The first-order valence-corrected chi connectivity index (χ1v) is 16.7. The summed E-state index contributed by atoms with van der Waals surface area (Å²) in [6, 6.07) is 0. The number of ether oxygens (including phenoxy) is 5. The highest BCUT2D eigenvalue weighted by atomic mass is 16.7. The summed E-state index contributed by atoms with van der Waals surface area (Å²) in [7, 11) is 0. The van der Waals surface area contributed by atoms with Gasteiger partial charge >= 0.3 is 0 Å². The molecule has 13 heteroatoms. The fourth-order valence-electron chi connectivity index (χ4n) is 5.56. The first kappa shape index (κ1) is 39.7. The van der Waals surface area contributed by atoms with Crippen LogP contribution in [0.3, 0.4) is 0 Å². The van der Waals surface area contributed by atoms with Gasteiger partial charge in [-0.25, -0.2) is 0 Å². The molecule has 0 bridgehead atoms. The molecule has 262 valence electrons. The molecule has 8 N–H and O–H groups in total. The Morgan fingerprint density at radius 2 is 0.909 bits per heavy atom. The van der Waals surface area contributed by atoms with E-state index in [4.69, 9.17) is 33.9 Å². The molecule has 2 fully saturated rings. The maximum atomic E-state index is 10.3. The van der Waals surface area contributed by atoms with E-state index in [0.717, 1.165) is 19.3 Å². The zero-order chi connectivity index (χ0) is 32.3. The van der Waals surface area contributed by atoms with Gasteiger partial charge in [-0.05, 0) is 6.42 Å². The second-order valence-corrected chi connectivity index (χ2v) is 12.2. The maximum absolute atomic E-state index is 10.3. The van der Waals surface area contributed by atoms with E-state index in [2.05, 4.69) is 6.92 Å². The van der Waals surface area contributed by atoms with Crippen LogP contribution in [0.5, 0.6) is 0 Å². The Labute approximate surface area is 262 Å². The number of hydrogen-bond donors (Lipinski definition) is 8. The highest BCUT2D eigenvalue weighted by Crippen LogP contribution is 2.27. The highest BCUT2D eigenvalue weighted by Gasteiger charge is 2.48. The van der Waals surface area contributed by atoms with Crippen molar-refractivity contribution >= 4 is 0 Å². The summed E-state index contributed by atoms with van der Waals surface area (Å²) in [6.07, 6.45) is 2.77. The first-order valence-electron chi connectivity index (χ1n) is 16.7. The summed E-state index contributed by atoms with van der Waals surface area (Å²) in [6.45, 7) is 0.999. The van der Waals surface area contributed by atoms with E-state index in [1.807, 2.05) is 0 Å². The summed E-state index contributed by atoms with van der Waals surface area (Å²) in [4.78, 5) is 0. The lowest BCUT2D eigenvalue weighted by Gasteiger charge is -2.24. The first-order chi connectivity index (χ1) is 21.2. The molecule has 0 saturated carbocycles. The van der Waals surface area contributed by atoms with Crippen molar-refractivity contribution in [3.63, 3.8) is 0 Å². The molecule has 2 aliphatic rings. The summed E-state index contributed by atoms with van der Waals surface area (Å²) < 4.78 is 28.0. The Kier molecular flexibility index (Phi) is 20.7. The third-order valence-corrected chi connectivity index (χ3v) is 8.39. The fraction of sp³-hybridized carbons (Fsp3) is 1.00. The number of hydrogen-bond acceptors (Lipinski definition) is 13. The van der Waals surface area contributed by atoms with Crippen molar-refractivity contribution in [2.45, 2.75) is 164 Å². The summed E-state index contributed by atoms with van der Waals surface area (Å²) >= 11 is 0. The molecule has 0 aromatic carbocycles. The fourth-order valence-corrected chi connectivity index (χ4v) is 5.56. The summed E-state index contributed by atoms with van der Waals surface area (Å²) in [5.74, 6) is 0. The average Bonchev–Trinajstić information content (AvgIpc) is 3.48. The van der Waals surface area contributed by atoms with Crippen LogP contribution in [0, 0.1) is 0 Å². The molecule has 10 atom stereocenters. The highest BCUT2D eigenvalue weighted by molar-refractivity contribution is 4.92. The van der Waals surface area contributed by atoms with Gasteiger partial charge in [-0.1, -0.05) is 90.4 Å². The van der Waals surface area contributed by atoms with E-state index in [1.54, 1.807) is 0 Å². The second-order valence-electron chi connectivity index (χ2n) is 12.2. The van der Waals surface area contributed by atoms with E-state index in [0.29, 0.717) is 6.61 Å². The van der Waals surface area contributed by atoms with E-state index < -0.39 is 80.7 Å². The Hall–Kier alpha value is -0.520. The molecule has 0 aliphatic carbocycles. The average molecular weight is 641 g/mol. The third-order valence-electron chi connectivity index (χ3n) is 8.39. The molecular weight excluding hydrogens is 580 g/mol. The number of aliphatic hydroxyl groups is 8. The lowest BCUT2D eigenvalue weighted by molar-refractivity contribution is -0.218. The third kappa shape index (κ3) is 13.7. The van der Waals surface area contributed by atoms with Gasteiger partial charge < -0.3 is 64.5 Å². The zero-order valence-electron chi connectivity index (χ0n) is 26.4. The van der Waals surface area contributed by atoms with Crippen LogP contribution < -0.4 is 0 Å². The van der Waals surface area contributed by atoms with Crippen LogP contribution in [0.15, 0.2) is 0 Å². The van der Waals surface area contributed by atoms with Crippen molar-refractivity contribution in [2.75, 3.05) is 33.0 Å². The van der Waals surface area contributed by atoms with E-state index in [-0.39, 0.29) is 13.2 Å². The van der Waals surface area contributed by atoms with Gasteiger partial charge in [-0.15, -0.1) is 0 Å². The SMILES string of the molecule is CCCCCCCCCCCCCCCCOC(CO[C@@H]1O[C@H]([C@@H](O)CO)[C@H](O)[C@@H]1O)CO[C@@H]1O[C@H]([C@@H](O)CO)[C@H](O)[C@@H]1O. The molecule has 0 aromatic heterocycles. The molecule has 2 aliphatic heterocycles. The van der Waals surface area contributed by atoms with Gasteiger partial charge in [0.25, 0.3) is 0 Å². The minimum Gasteiger partial charge on any atom is -0.394 e. The Morgan fingerprint density at radius 3 is 1.27 bits per heavy atom. The van der Waals surface area contributed by atoms with Crippen LogP contribution in [-0.4, -0.2) is 141 Å². The molecule has 44 heavy (non-hydrogen) atoms. The van der Waals surface area contributed by atoms with Crippen molar-refractivity contribution < 1.29 is 64.5 Å². The van der Waals surface area contributed by atoms with Gasteiger partial charge in [-0.2, -0.15) is 0 Å². The van der Waals surface area contributed by atoms with Crippen molar-refractivity contribution in [2.24, 2.45) is 0 Å². The maximum Gasteiger partial charge on any atom is 0.186 e. The molecule has 0 radical (unpaired) electrons. The molecule has 2 saturated heterocycles. The number of aliphatic hydroxyl groups excluding tert-OH is 8. The standard InChI is InChI=1S/C31H60O13/c1-2-3-4-5-6-7-8-9-10-11-12-13-14-15-16-40-21(19-41-30-26(38)24(36)28(43-30)22(34)17-32)20-42-31-27(39)25(37)29(44-31)23(35)18-33/h21-39H,2-20H2,1H3/t22-,23-,24+,25+,26-,27-,28+,29+,30+,31+/m0/s1. The van der Waals surface area contributed by atoms with Crippen molar-refractivity contribution in [3.8, 4) is 0 Å². The van der Waals surface area contributed by atoms with Gasteiger partial charge in [0.15, 0.2) is 12.6 Å². The van der Waals surface area contributed by atoms with Crippen LogP contribution in [0.2, 0.25) is 0 Å². The molecular formula is C31H60O13. The zero-order valence-corrected chi connectivity index (χ0v) is 26.4. The monoisotopic (exact) mass is 640 g/mol. The van der Waals surface area contributed by atoms with E-state index in [9.17, 15) is 30.6 Å². The molecule has 13 nitrogen and oxygen atoms in total. The Balaban J connectivity index is 1.72. The molecule has 0 aromatic rings. The molecule has 0 spiro atoms. The lowest BCUT2D eigenvalue weighted by Crippen LogP contribution is -2.41. The van der Waals surface area contributed by atoms with Gasteiger partial charge in [0.1, 0.15) is 54.9 Å². The topological polar surface area (TPSA) is 208 Å². The van der Waals surface area contributed by atoms with Crippen LogP contribution in [0.25, 0.3) is 0 Å². The minimum atomic E-state index is -1.47. The largest absolute Gasteiger partial charge is 0.394 e. The molecule has 0 amide bonds. The van der Waals surface area contributed by atoms with Crippen LogP contribution in [0.4, 0.5) is 0 Å². The van der Waals surface area contributed by atoms with Crippen molar-refractivity contribution in [1.82, 2.24) is 0 Å². The number of unbranched alkanes of at least 4 members (excludes halogenated alkanes) is 13. The van der Waals surface area contributed by atoms with Gasteiger partial charge in [0.2, 0.25) is 0 Å². The van der Waals surface area contributed by atoms with Crippen molar-refractivity contribution in [1.29, 1.82) is 0 Å². The Morgan fingerprint density at radius 1 is 0.545 bits per heavy atom. The summed E-state index contributed by atoms with van der Waals surface area (Å²) in [5.41, 5.74) is 0. The second kappa shape index (κ2) is 22.9. The van der Waals surface area contributed by atoms with E-state index in [1.165, 1.54) is 70.6 Å². The summed E-state index contributed by atoms with van der Waals surface area (Å²) in [5, 5.41) is 78.9. The predicted molar refractivity (Wildman–Crippen MR) is 159 cm³/mol. The van der Waals surface area contributed by atoms with Crippen LogP contribution in [-0.2, 0) is 23.7 Å². The van der Waals surface area contributed by atoms with Crippen LogP contribution in [0.1, 0.15) is 96.8 Å². The molecule has 0 unspecified atom stereocenters. The Bertz CT molecular complexity index is 663. The minimum absolute atomic E-state index is 0.150. The van der Waals surface area contributed by atoms with E-state index >= 15 is 0 Å². The van der Waals surface area contributed by atoms with Gasteiger partial charge in [0.05, 0.1) is 26.4 Å². The van der Waals surface area contributed by atoms with Crippen LogP contribution >= 0.6 is 0 Å². The number of rotatable bonds is 26. The van der Waals surface area contributed by atoms with Gasteiger partial charge in [-0.3, -0.25) is 0 Å². The van der Waals surface area contributed by atoms with Crippen molar-refractivity contribution in [3.05, 3.63) is 0 Å². The quantitative estimate of drug-likeness (QED) is 0.0606. The predicted octanol–water partition coefficient (Wildman–Crippen LogP) is 0.486.